The summed E-state index contributed by atoms with van der Waals surface area (Å²) in [6.45, 7) is 0. The fourth-order valence-electron chi connectivity index (χ4n) is 3.50. The molecule has 0 aromatic heterocycles. The van der Waals surface area contributed by atoms with Crippen LogP contribution < -0.4 is 15.0 Å². The summed E-state index contributed by atoms with van der Waals surface area (Å²) in [5, 5.41) is 3.13. The lowest BCUT2D eigenvalue weighted by molar-refractivity contribution is 0.0928. The minimum atomic E-state index is -0.171. The zero-order valence-electron chi connectivity index (χ0n) is 15.9. The third kappa shape index (κ3) is 4.48. The van der Waals surface area contributed by atoms with E-state index in [9.17, 15) is 9.59 Å². The molecule has 0 radical (unpaired) electrons. The van der Waals surface area contributed by atoms with Gasteiger partial charge >= 0.3 is 0 Å². The van der Waals surface area contributed by atoms with Gasteiger partial charge in [0.25, 0.3) is 11.8 Å². The average molecular weight is 366 g/mol. The summed E-state index contributed by atoms with van der Waals surface area (Å²) in [5.74, 6) is 0.406. The van der Waals surface area contributed by atoms with Crippen molar-refractivity contribution in [2.24, 2.45) is 0 Å². The Hall–Kier alpha value is -2.82. The molecule has 0 unspecified atom stereocenters. The lowest BCUT2D eigenvalue weighted by atomic mass is 9.95. The first-order valence-electron chi connectivity index (χ1n) is 9.42. The number of rotatable bonds is 5. The van der Waals surface area contributed by atoms with E-state index >= 15 is 0 Å². The van der Waals surface area contributed by atoms with Crippen LogP contribution in [0.3, 0.4) is 0 Å². The summed E-state index contributed by atoms with van der Waals surface area (Å²) in [4.78, 5) is 27.2. The van der Waals surface area contributed by atoms with Crippen molar-refractivity contribution in [1.82, 2.24) is 5.32 Å². The van der Waals surface area contributed by atoms with E-state index in [0.29, 0.717) is 22.6 Å². The van der Waals surface area contributed by atoms with E-state index in [-0.39, 0.29) is 17.9 Å². The van der Waals surface area contributed by atoms with Crippen molar-refractivity contribution in [3.8, 4) is 5.75 Å². The highest BCUT2D eigenvalue weighted by molar-refractivity contribution is 6.10. The van der Waals surface area contributed by atoms with Crippen LogP contribution in [0, 0.1) is 0 Å². The maximum atomic E-state index is 12.9. The van der Waals surface area contributed by atoms with Crippen LogP contribution in [0.1, 0.15) is 52.8 Å². The molecule has 5 nitrogen and oxygen atoms in total. The van der Waals surface area contributed by atoms with E-state index in [4.69, 9.17) is 4.74 Å². The quantitative estimate of drug-likeness (QED) is 0.869. The number of ether oxygens (including phenoxy) is 1. The number of anilines is 1. The third-order valence-corrected chi connectivity index (χ3v) is 5.09. The van der Waals surface area contributed by atoms with Crippen LogP contribution in [-0.4, -0.2) is 32.0 Å². The highest BCUT2D eigenvalue weighted by atomic mass is 16.5. The van der Waals surface area contributed by atoms with Crippen LogP contribution in [0.5, 0.6) is 5.75 Å². The van der Waals surface area contributed by atoms with Gasteiger partial charge in [-0.2, -0.15) is 0 Å². The molecule has 1 aliphatic rings. The van der Waals surface area contributed by atoms with E-state index in [1.165, 1.54) is 11.3 Å². The Kier molecular flexibility index (Phi) is 6.12. The number of hydrogen-bond acceptors (Lipinski definition) is 3. The molecule has 0 heterocycles. The molecule has 1 N–H and O–H groups in total. The Labute approximate surface area is 160 Å². The largest absolute Gasteiger partial charge is 0.497 e. The number of nitrogens with zero attached hydrogens (tertiary/aromatic N) is 1. The number of methoxy groups -OCH3 is 1. The number of benzene rings is 2. The fraction of sp³-hybridized carbons (Fsp3) is 0.364. The fourth-order valence-corrected chi connectivity index (χ4v) is 3.50. The molecule has 2 aromatic carbocycles. The maximum absolute atomic E-state index is 12.9. The van der Waals surface area contributed by atoms with Gasteiger partial charge < -0.3 is 15.0 Å². The molecule has 1 aliphatic carbocycles. The van der Waals surface area contributed by atoms with Gasteiger partial charge in [-0.25, -0.2) is 0 Å². The Morgan fingerprint density at radius 3 is 2.33 bits per heavy atom. The minimum absolute atomic E-state index is 0.119. The van der Waals surface area contributed by atoms with Crippen molar-refractivity contribution < 1.29 is 14.3 Å². The Morgan fingerprint density at radius 1 is 1.00 bits per heavy atom. The molecule has 0 spiro atoms. The highest BCUT2D eigenvalue weighted by Gasteiger charge is 2.22. The molecule has 27 heavy (non-hydrogen) atoms. The van der Waals surface area contributed by atoms with Gasteiger partial charge in [0.15, 0.2) is 0 Å². The van der Waals surface area contributed by atoms with Gasteiger partial charge in [0.05, 0.1) is 18.4 Å². The summed E-state index contributed by atoms with van der Waals surface area (Å²) < 4.78 is 5.14. The second-order valence-electron chi connectivity index (χ2n) is 6.92. The number of para-hydroxylation sites is 1. The molecule has 0 bridgehead atoms. The smallest absolute Gasteiger partial charge is 0.258 e. The average Bonchev–Trinajstić information content (AvgIpc) is 2.73. The Morgan fingerprint density at radius 2 is 1.67 bits per heavy atom. The van der Waals surface area contributed by atoms with Crippen molar-refractivity contribution in [3.63, 3.8) is 0 Å². The standard InChI is InChI=1S/C22H26N2O3/c1-24(22(26)16-12-14-18(27-2)15-13-16)20-11-7-6-10-19(20)21(25)23-17-8-4-3-5-9-17/h6-7,10-15,17H,3-5,8-9H2,1-2H3,(H,23,25). The SMILES string of the molecule is COc1ccc(C(=O)N(C)c2ccccc2C(=O)NC2CCCCC2)cc1. The number of amides is 2. The number of carbonyl (C=O) groups excluding carboxylic acids is 2. The van der Waals surface area contributed by atoms with Crippen molar-refractivity contribution in [2.45, 2.75) is 38.1 Å². The third-order valence-electron chi connectivity index (χ3n) is 5.09. The normalized spacial score (nSPS) is 14.4. The Bertz CT molecular complexity index is 795. The summed E-state index contributed by atoms with van der Waals surface area (Å²) in [7, 11) is 3.28. The molecule has 2 amide bonds. The van der Waals surface area contributed by atoms with Crippen LogP contribution in [0.15, 0.2) is 48.5 Å². The molecule has 3 rings (SSSR count). The number of nitrogens with one attached hydrogen (secondary N) is 1. The molecule has 0 aliphatic heterocycles. The van der Waals surface area contributed by atoms with Crippen molar-refractivity contribution >= 4 is 17.5 Å². The number of carbonyl (C=O) groups is 2. The first-order valence-corrected chi connectivity index (χ1v) is 9.42. The topological polar surface area (TPSA) is 58.6 Å². The van der Waals surface area contributed by atoms with E-state index in [2.05, 4.69) is 5.32 Å². The second kappa shape index (κ2) is 8.71. The minimum Gasteiger partial charge on any atom is -0.497 e. The molecule has 5 heteroatoms. The molecular weight excluding hydrogens is 340 g/mol. The van der Waals surface area contributed by atoms with Crippen molar-refractivity contribution in [1.29, 1.82) is 0 Å². The predicted octanol–water partition coefficient (Wildman–Crippen LogP) is 4.03. The van der Waals surface area contributed by atoms with Gasteiger partial charge in [-0.3, -0.25) is 9.59 Å². The number of hydrogen-bond donors (Lipinski definition) is 1. The molecule has 1 fully saturated rings. The van der Waals surface area contributed by atoms with Crippen LogP contribution >= 0.6 is 0 Å². The zero-order valence-corrected chi connectivity index (χ0v) is 15.9. The summed E-state index contributed by atoms with van der Waals surface area (Å²) in [5.41, 5.74) is 1.67. The first kappa shape index (κ1) is 19.0. The molecule has 1 saturated carbocycles. The van der Waals surface area contributed by atoms with Crippen LogP contribution in [0.4, 0.5) is 5.69 Å². The monoisotopic (exact) mass is 366 g/mol. The van der Waals surface area contributed by atoms with Crippen molar-refractivity contribution in [3.05, 3.63) is 59.7 Å². The van der Waals surface area contributed by atoms with Gasteiger partial charge in [-0.1, -0.05) is 31.4 Å². The summed E-state index contributed by atoms with van der Waals surface area (Å²) in [6, 6.07) is 14.4. The van der Waals surface area contributed by atoms with Gasteiger partial charge in [0, 0.05) is 18.7 Å². The maximum Gasteiger partial charge on any atom is 0.258 e. The highest BCUT2D eigenvalue weighted by Crippen LogP contribution is 2.23. The van der Waals surface area contributed by atoms with Gasteiger partial charge in [-0.05, 0) is 49.2 Å². The van der Waals surface area contributed by atoms with Gasteiger partial charge in [0.1, 0.15) is 5.75 Å². The predicted molar refractivity (Wildman–Crippen MR) is 107 cm³/mol. The molecule has 2 aromatic rings. The summed E-state index contributed by atoms with van der Waals surface area (Å²) >= 11 is 0. The van der Waals surface area contributed by atoms with Gasteiger partial charge in [0.2, 0.25) is 0 Å². The lowest BCUT2D eigenvalue weighted by Crippen LogP contribution is -2.37. The Balaban J connectivity index is 1.78. The lowest BCUT2D eigenvalue weighted by Gasteiger charge is -2.25. The molecule has 142 valence electrons. The summed E-state index contributed by atoms with van der Waals surface area (Å²) in [6.07, 6.45) is 5.59. The molecule has 0 saturated heterocycles. The van der Waals surface area contributed by atoms with E-state index in [0.717, 1.165) is 25.7 Å². The second-order valence-corrected chi connectivity index (χ2v) is 6.92. The van der Waals surface area contributed by atoms with Crippen molar-refractivity contribution in [2.75, 3.05) is 19.1 Å². The van der Waals surface area contributed by atoms with E-state index < -0.39 is 0 Å². The first-order chi connectivity index (χ1) is 13.1. The van der Waals surface area contributed by atoms with Crippen LogP contribution in [0.2, 0.25) is 0 Å². The van der Waals surface area contributed by atoms with E-state index in [1.807, 2.05) is 12.1 Å². The molecular formula is C22H26N2O3. The zero-order chi connectivity index (χ0) is 19.2. The van der Waals surface area contributed by atoms with Gasteiger partial charge in [-0.15, -0.1) is 0 Å². The van der Waals surface area contributed by atoms with E-state index in [1.54, 1.807) is 50.6 Å². The van der Waals surface area contributed by atoms with Crippen LogP contribution in [-0.2, 0) is 0 Å². The molecule has 0 atom stereocenters. The van der Waals surface area contributed by atoms with Crippen LogP contribution in [0.25, 0.3) is 0 Å².